The van der Waals surface area contributed by atoms with Crippen molar-refractivity contribution >= 4 is 63.7 Å². The van der Waals surface area contributed by atoms with Crippen LogP contribution in [-0.2, 0) is 46.7 Å². The molecule has 1 amide bonds. The summed E-state index contributed by atoms with van der Waals surface area (Å²) in [6.07, 6.45) is -7.32. The van der Waals surface area contributed by atoms with Crippen LogP contribution in [0.25, 0.3) is 0 Å². The molecule has 4 fully saturated rings. The normalized spacial score (nSPS) is 33.1. The Kier molecular flexibility index (Phi) is 13.8. The molecular formula is C50H63NO13P2Si2. The van der Waals surface area contributed by atoms with Crippen LogP contribution in [0.4, 0.5) is 0 Å². The number of carbonyl (C=O) groups is 5. The van der Waals surface area contributed by atoms with Crippen LogP contribution in [0.5, 0.6) is 0 Å². The quantitative estimate of drug-likeness (QED) is 0.0631. The van der Waals surface area contributed by atoms with Gasteiger partial charge in [-0.3, -0.25) is 14.4 Å². The van der Waals surface area contributed by atoms with Crippen LogP contribution in [0.2, 0.25) is 31.9 Å². The van der Waals surface area contributed by atoms with Gasteiger partial charge in [0.05, 0.1) is 35.6 Å². The zero-order valence-electron chi connectivity index (χ0n) is 40.0. The van der Waals surface area contributed by atoms with Gasteiger partial charge in [-0.15, -0.1) is 0 Å². The summed E-state index contributed by atoms with van der Waals surface area (Å²) in [6.45, 7) is 16.6. The van der Waals surface area contributed by atoms with Gasteiger partial charge in [0, 0.05) is 39.2 Å². The average Bonchev–Trinajstić information content (AvgIpc) is 3.30. The van der Waals surface area contributed by atoms with E-state index in [0.717, 1.165) is 0 Å². The molecule has 14 nitrogen and oxygen atoms in total. The van der Waals surface area contributed by atoms with Crippen molar-refractivity contribution < 1.29 is 61.4 Å². The molecule has 2 heterocycles. The molecule has 8 rings (SSSR count). The smallest absolute Gasteiger partial charge is 0.338 e. The fraction of sp³-hybridized carbons (Fsp3) is 0.500. The second-order valence-electron chi connectivity index (χ2n) is 20.9. The Morgan fingerprint density at radius 3 is 2.01 bits per heavy atom. The fourth-order valence-electron chi connectivity index (χ4n) is 12.2. The molecule has 2 saturated heterocycles. The number of nitrogens with one attached hydrogen (secondary N) is 1. The highest BCUT2D eigenvalue weighted by atomic mass is 32.0. The van der Waals surface area contributed by atoms with E-state index in [1.807, 2.05) is 6.07 Å². The van der Waals surface area contributed by atoms with Crippen LogP contribution in [0.3, 0.4) is 0 Å². The highest BCUT2D eigenvalue weighted by molar-refractivity contribution is 8.00. The van der Waals surface area contributed by atoms with E-state index in [2.05, 4.69) is 40.4 Å². The third kappa shape index (κ3) is 8.80. The molecule has 3 aromatic carbocycles. The number of Topliss-reactive ketones (excluding diaryl/α,β-unsaturated/α-hetero) is 1. The summed E-state index contributed by atoms with van der Waals surface area (Å²) >= 11 is 0. The number of aliphatic hydroxyl groups is 1. The summed E-state index contributed by atoms with van der Waals surface area (Å²) in [5.74, 6) is -4.38. The SMILES string of the molecule is CC(=O)O[C@@]12CO[C@@H]1C[C@@H]1O[Si](C)(C)C[Si](C)(C)O[C@H]3C(=O)[C@@]1(C)C2C(OC(=O)c1ccccc1)[C@]1(O)C[C@H](OC(=O)[C@H](OPP)[C@@H](NC(=O)c2ccccc2)c2ccccc2)C(C)=C3C1(C)C. The van der Waals surface area contributed by atoms with Gasteiger partial charge in [-0.1, -0.05) is 89.5 Å². The number of ketones is 1. The lowest BCUT2D eigenvalue weighted by molar-refractivity contribution is -0.344. The Morgan fingerprint density at radius 2 is 1.44 bits per heavy atom. The fourth-order valence-corrected chi connectivity index (χ4v) is 23.8. The summed E-state index contributed by atoms with van der Waals surface area (Å²) in [4.78, 5) is 73.3. The Balaban J connectivity index is 1.33. The van der Waals surface area contributed by atoms with Crippen molar-refractivity contribution in [3.8, 4) is 0 Å². The van der Waals surface area contributed by atoms with E-state index < -0.39 is 111 Å². The van der Waals surface area contributed by atoms with E-state index in [1.165, 1.54) is 6.92 Å². The topological polar surface area (TPSA) is 182 Å². The molecule has 0 spiro atoms. The zero-order valence-corrected chi connectivity index (χ0v) is 44.2. The summed E-state index contributed by atoms with van der Waals surface area (Å²) in [7, 11) is -3.37. The predicted octanol–water partition coefficient (Wildman–Crippen LogP) is 7.58. The number of carbonyl (C=O) groups excluding carboxylic acids is 5. The van der Waals surface area contributed by atoms with Crippen molar-refractivity contribution in [3.05, 3.63) is 119 Å². The second-order valence-corrected chi connectivity index (χ2v) is 31.0. The van der Waals surface area contributed by atoms with Crippen LogP contribution >= 0.6 is 17.4 Å². The van der Waals surface area contributed by atoms with Crippen molar-refractivity contribution in [3.63, 3.8) is 0 Å². The van der Waals surface area contributed by atoms with Crippen molar-refractivity contribution in [1.29, 1.82) is 0 Å². The highest BCUT2D eigenvalue weighted by Gasteiger charge is 2.79. The number of esters is 3. The first-order valence-electron chi connectivity index (χ1n) is 23.1. The molecule has 13 atom stereocenters. The molecule has 5 aliphatic rings. The van der Waals surface area contributed by atoms with Crippen molar-refractivity contribution in [2.24, 2.45) is 16.7 Å². The average molecular weight is 1000 g/mol. The van der Waals surface area contributed by atoms with Crippen LogP contribution in [0.15, 0.2) is 102 Å². The minimum Gasteiger partial charge on any atom is -0.456 e. The maximum absolute atomic E-state index is 16.4. The molecule has 0 aromatic heterocycles. The number of rotatable bonds is 11. The lowest BCUT2D eigenvalue weighted by atomic mass is 9.44. The molecule has 68 heavy (non-hydrogen) atoms. The number of fused-ring (bicyclic) bond motifs is 6. The largest absolute Gasteiger partial charge is 0.456 e. The Bertz CT molecular complexity index is 2480. The number of amides is 1. The maximum atomic E-state index is 16.4. The molecule has 4 unspecified atom stereocenters. The first-order chi connectivity index (χ1) is 32.0. The summed E-state index contributed by atoms with van der Waals surface area (Å²) in [6, 6.07) is 24.8. The van der Waals surface area contributed by atoms with Gasteiger partial charge in [0.2, 0.25) is 0 Å². The van der Waals surface area contributed by atoms with E-state index in [1.54, 1.807) is 113 Å². The second kappa shape index (κ2) is 18.7. The van der Waals surface area contributed by atoms with E-state index in [-0.39, 0.29) is 39.3 Å². The summed E-state index contributed by atoms with van der Waals surface area (Å²) < 4.78 is 46.7. The molecule has 2 N–H and O–H groups in total. The molecule has 2 saturated carbocycles. The number of ether oxygens (including phenoxy) is 4. The van der Waals surface area contributed by atoms with Gasteiger partial charge in [-0.25, -0.2) is 9.59 Å². The Labute approximate surface area is 404 Å². The first kappa shape index (κ1) is 50.4. The van der Waals surface area contributed by atoms with Gasteiger partial charge in [0.15, 0.2) is 34.1 Å². The monoisotopic (exact) mass is 1000 g/mol. The number of hydrogen-bond acceptors (Lipinski definition) is 13. The first-order valence-corrected chi connectivity index (χ1v) is 32.1. The van der Waals surface area contributed by atoms with Crippen molar-refractivity contribution in [1.82, 2.24) is 5.32 Å². The summed E-state index contributed by atoms with van der Waals surface area (Å²) in [5.41, 5.74) is -4.19. The molecule has 18 heteroatoms. The van der Waals surface area contributed by atoms with Crippen LogP contribution < -0.4 is 5.32 Å². The highest BCUT2D eigenvalue weighted by Crippen LogP contribution is 2.65. The van der Waals surface area contributed by atoms with E-state index in [9.17, 15) is 19.5 Å². The van der Waals surface area contributed by atoms with Gasteiger partial charge in [-0.2, -0.15) is 0 Å². The third-order valence-corrected chi connectivity index (χ3v) is 24.5. The predicted molar refractivity (Wildman–Crippen MR) is 263 cm³/mol. The van der Waals surface area contributed by atoms with Gasteiger partial charge < -0.3 is 42.7 Å². The number of hydrogen-bond donors (Lipinski definition) is 2. The molecule has 364 valence electrons. The molecular weight excluding hydrogens is 941 g/mol. The van der Waals surface area contributed by atoms with E-state index in [4.69, 9.17) is 32.3 Å². The minimum absolute atomic E-state index is 0.148. The third-order valence-electron chi connectivity index (χ3n) is 15.1. The Hall–Kier alpha value is -3.96. The minimum atomic E-state index is -2.85. The van der Waals surface area contributed by atoms with Gasteiger partial charge >= 0.3 is 17.9 Å². The zero-order chi connectivity index (χ0) is 49.2. The summed E-state index contributed by atoms with van der Waals surface area (Å²) in [5, 5.41) is 17.2. The van der Waals surface area contributed by atoms with Gasteiger partial charge in [-0.05, 0) is 86.7 Å². The molecule has 0 radical (unpaired) electrons. The molecule has 3 aromatic rings. The van der Waals surface area contributed by atoms with Crippen molar-refractivity contribution in [2.45, 2.75) is 133 Å². The Morgan fingerprint density at radius 1 is 0.853 bits per heavy atom. The van der Waals surface area contributed by atoms with E-state index >= 15 is 9.59 Å². The van der Waals surface area contributed by atoms with E-state index in [0.29, 0.717) is 27.9 Å². The molecule has 4 bridgehead atoms. The lowest BCUT2D eigenvalue weighted by Crippen LogP contribution is -2.82. The maximum Gasteiger partial charge on any atom is 0.338 e. The van der Waals surface area contributed by atoms with Gasteiger partial charge in [0.1, 0.15) is 30.0 Å². The lowest BCUT2D eigenvalue weighted by Gasteiger charge is -2.68. The molecule has 2 aliphatic heterocycles. The van der Waals surface area contributed by atoms with Crippen LogP contribution in [0, 0.1) is 16.7 Å². The standard InChI is InChI=1S/C50H63NO13P2Si2/c1-29-34(59-46(56)40(62-66-65)38(31-19-13-10-14-20-31)51-44(54)32-21-15-11-16-22-32)26-50(57)43(60-45(55)33-23-17-12-18-24-33)41-48(5)35(25-36-49(41,27-58-36)61-30(2)52)63-67(6,7)28-68(8,9)64-39(42(48)53)37(29)47(50,3)4/h10-24,34-36,38-41,43,57,66H,25-28,65H2,1-9H3,(H,51,54)/t34-,35-,36+,38-,39+,40+,41?,43?,48+,49-,50+/m0/s1. The molecule has 3 aliphatic carbocycles. The van der Waals surface area contributed by atoms with Gasteiger partial charge in [0.25, 0.3) is 5.91 Å². The van der Waals surface area contributed by atoms with Crippen LogP contribution in [-0.4, -0.2) is 106 Å². The van der Waals surface area contributed by atoms with Crippen LogP contribution in [0.1, 0.15) is 79.8 Å². The number of benzene rings is 3. The van der Waals surface area contributed by atoms with Crippen molar-refractivity contribution in [2.75, 3.05) is 6.61 Å².